The number of piperidine rings is 1. The van der Waals surface area contributed by atoms with E-state index in [1.54, 1.807) is 0 Å². The fourth-order valence-corrected chi connectivity index (χ4v) is 3.94. The molecule has 0 amide bonds. The predicted molar refractivity (Wildman–Crippen MR) is 108 cm³/mol. The van der Waals surface area contributed by atoms with Gasteiger partial charge >= 0.3 is 0 Å². The van der Waals surface area contributed by atoms with Crippen molar-refractivity contribution >= 4 is 5.69 Å². The summed E-state index contributed by atoms with van der Waals surface area (Å²) in [6, 6.07) is 19.6. The Kier molecular flexibility index (Phi) is 5.80. The highest BCUT2D eigenvalue weighted by Crippen LogP contribution is 2.31. The Bertz CT molecular complexity index is 657. The molecule has 0 aromatic heterocycles. The first-order valence-electron chi connectivity index (χ1n) is 9.64. The quantitative estimate of drug-likeness (QED) is 0.739. The maximum Gasteiger partial charge on any atom is 0.0395 e. The molecular formula is C23H32N2. The molecule has 1 aliphatic heterocycles. The fourth-order valence-electron chi connectivity index (χ4n) is 3.94. The Morgan fingerprint density at radius 2 is 1.60 bits per heavy atom. The van der Waals surface area contributed by atoms with Crippen molar-refractivity contribution in [2.45, 2.75) is 45.1 Å². The van der Waals surface area contributed by atoms with Crippen molar-refractivity contribution in [1.29, 1.82) is 0 Å². The summed E-state index contributed by atoms with van der Waals surface area (Å²) in [5.74, 6) is 0. The van der Waals surface area contributed by atoms with Crippen LogP contribution in [0, 0.1) is 6.92 Å². The number of hydrogen-bond acceptors (Lipinski definition) is 2. The third kappa shape index (κ3) is 4.43. The molecule has 134 valence electrons. The summed E-state index contributed by atoms with van der Waals surface area (Å²) in [6.45, 7) is 8.29. The van der Waals surface area contributed by atoms with Crippen LogP contribution in [-0.2, 0) is 6.42 Å². The topological polar surface area (TPSA) is 6.48 Å². The molecule has 1 fully saturated rings. The second-order valence-electron chi connectivity index (χ2n) is 7.76. The minimum absolute atomic E-state index is 0.272. The lowest BCUT2D eigenvalue weighted by molar-refractivity contribution is 0.166. The summed E-state index contributed by atoms with van der Waals surface area (Å²) >= 11 is 0. The fraction of sp³-hybridized carbons (Fsp3) is 0.478. The molecule has 1 aliphatic rings. The van der Waals surface area contributed by atoms with E-state index in [-0.39, 0.29) is 5.54 Å². The lowest BCUT2D eigenvalue weighted by Gasteiger charge is -2.46. The van der Waals surface area contributed by atoms with Gasteiger partial charge in [-0.25, -0.2) is 0 Å². The molecule has 0 unspecified atom stereocenters. The first-order valence-corrected chi connectivity index (χ1v) is 9.64. The smallest absolute Gasteiger partial charge is 0.0395 e. The molecule has 0 atom stereocenters. The molecule has 0 bridgehead atoms. The number of aryl methyl sites for hydroxylation is 2. The summed E-state index contributed by atoms with van der Waals surface area (Å²) in [7, 11) is 2.25. The Hall–Kier alpha value is -1.80. The number of hydrogen-bond donors (Lipinski definition) is 0. The van der Waals surface area contributed by atoms with E-state index in [4.69, 9.17) is 0 Å². The molecule has 1 saturated heterocycles. The van der Waals surface area contributed by atoms with Gasteiger partial charge in [-0.3, -0.25) is 0 Å². The molecule has 1 heterocycles. The molecule has 0 N–H and O–H groups in total. The van der Waals surface area contributed by atoms with E-state index in [0.717, 1.165) is 0 Å². The summed E-state index contributed by atoms with van der Waals surface area (Å²) in [5.41, 5.74) is 4.54. The largest absolute Gasteiger partial charge is 0.369 e. The number of anilines is 1. The van der Waals surface area contributed by atoms with Crippen molar-refractivity contribution in [2.75, 3.05) is 31.6 Å². The first-order chi connectivity index (χ1) is 12.1. The second kappa shape index (κ2) is 8.05. The number of benzene rings is 2. The zero-order valence-corrected chi connectivity index (χ0v) is 16.0. The summed E-state index contributed by atoms with van der Waals surface area (Å²) < 4.78 is 0. The molecule has 2 aromatic carbocycles. The lowest BCUT2D eigenvalue weighted by atomic mass is 9.87. The van der Waals surface area contributed by atoms with Crippen molar-refractivity contribution in [3.8, 4) is 0 Å². The van der Waals surface area contributed by atoms with Crippen molar-refractivity contribution in [3.05, 3.63) is 65.7 Å². The molecular weight excluding hydrogens is 304 g/mol. The maximum atomic E-state index is 2.65. The van der Waals surface area contributed by atoms with E-state index >= 15 is 0 Å². The van der Waals surface area contributed by atoms with Crippen LogP contribution in [0.2, 0.25) is 0 Å². The van der Waals surface area contributed by atoms with Crippen LogP contribution in [0.15, 0.2) is 54.6 Å². The molecule has 0 aliphatic carbocycles. The predicted octanol–water partition coefficient (Wildman–Crippen LogP) is 4.92. The third-order valence-corrected chi connectivity index (χ3v) is 6.07. The molecule has 25 heavy (non-hydrogen) atoms. The highest BCUT2D eigenvalue weighted by atomic mass is 15.2. The zero-order chi connectivity index (χ0) is 17.7. The molecule has 0 saturated carbocycles. The summed E-state index contributed by atoms with van der Waals surface area (Å²) in [5, 5.41) is 0. The normalized spacial score (nSPS) is 17.4. The van der Waals surface area contributed by atoms with Crippen LogP contribution in [0.25, 0.3) is 0 Å². The van der Waals surface area contributed by atoms with Crippen LogP contribution in [0.4, 0.5) is 5.69 Å². The molecule has 0 radical (unpaired) electrons. The summed E-state index contributed by atoms with van der Waals surface area (Å²) in [4.78, 5) is 5.14. The second-order valence-corrected chi connectivity index (χ2v) is 7.76. The highest BCUT2D eigenvalue weighted by molar-refractivity contribution is 5.48. The van der Waals surface area contributed by atoms with Gasteiger partial charge in [-0.1, -0.05) is 42.5 Å². The monoisotopic (exact) mass is 336 g/mol. The van der Waals surface area contributed by atoms with Gasteiger partial charge in [-0.2, -0.15) is 0 Å². The summed E-state index contributed by atoms with van der Waals surface area (Å²) in [6.07, 6.45) is 4.94. The average Bonchev–Trinajstić information content (AvgIpc) is 2.65. The molecule has 2 aromatic rings. The third-order valence-electron chi connectivity index (χ3n) is 6.07. The van der Waals surface area contributed by atoms with E-state index in [0.29, 0.717) is 0 Å². The van der Waals surface area contributed by atoms with Crippen LogP contribution in [0.1, 0.15) is 37.3 Å². The number of likely N-dealkylation sites (tertiary alicyclic amines) is 1. The van der Waals surface area contributed by atoms with Gasteiger partial charge in [0.2, 0.25) is 0 Å². The van der Waals surface area contributed by atoms with Crippen molar-refractivity contribution in [3.63, 3.8) is 0 Å². The lowest BCUT2D eigenvalue weighted by Crippen LogP contribution is -2.52. The standard InChI is InChI=1S/C23H32N2/c1-20-10-7-8-11-21(20)12-9-17-25-18-15-23(2,16-19-25)24(3)22-13-5-4-6-14-22/h4-8,10-11,13-14H,9,12,15-19H2,1-3H3. The van der Waals surface area contributed by atoms with Gasteiger partial charge in [0.25, 0.3) is 0 Å². The number of nitrogens with zero attached hydrogens (tertiary/aromatic N) is 2. The van der Waals surface area contributed by atoms with Crippen molar-refractivity contribution < 1.29 is 0 Å². The minimum Gasteiger partial charge on any atom is -0.369 e. The Labute approximate surface area is 153 Å². The van der Waals surface area contributed by atoms with Crippen molar-refractivity contribution in [2.24, 2.45) is 0 Å². The molecule has 0 spiro atoms. The van der Waals surface area contributed by atoms with E-state index < -0.39 is 0 Å². The Morgan fingerprint density at radius 1 is 0.960 bits per heavy atom. The van der Waals surface area contributed by atoms with Crippen molar-refractivity contribution in [1.82, 2.24) is 4.90 Å². The van der Waals surface area contributed by atoms with E-state index in [1.807, 2.05) is 0 Å². The van der Waals surface area contributed by atoms with Gasteiger partial charge in [0, 0.05) is 31.4 Å². The SMILES string of the molecule is Cc1ccccc1CCCN1CCC(C)(N(C)c2ccccc2)CC1. The van der Waals surface area contributed by atoms with Gasteiger partial charge in [-0.15, -0.1) is 0 Å². The molecule has 2 heteroatoms. The van der Waals surface area contributed by atoms with Crippen LogP contribution in [-0.4, -0.2) is 37.1 Å². The van der Waals surface area contributed by atoms with Gasteiger partial charge < -0.3 is 9.80 Å². The van der Waals surface area contributed by atoms with Crippen LogP contribution >= 0.6 is 0 Å². The van der Waals surface area contributed by atoms with Gasteiger partial charge in [0.15, 0.2) is 0 Å². The van der Waals surface area contributed by atoms with Crippen LogP contribution in [0.3, 0.4) is 0 Å². The van der Waals surface area contributed by atoms with E-state index in [1.165, 1.54) is 62.1 Å². The number of rotatable bonds is 6. The van der Waals surface area contributed by atoms with E-state index in [9.17, 15) is 0 Å². The van der Waals surface area contributed by atoms with Gasteiger partial charge in [0.1, 0.15) is 0 Å². The highest BCUT2D eigenvalue weighted by Gasteiger charge is 2.33. The van der Waals surface area contributed by atoms with Crippen LogP contribution < -0.4 is 4.90 Å². The maximum absolute atomic E-state index is 2.65. The molecule has 2 nitrogen and oxygen atoms in total. The van der Waals surface area contributed by atoms with E-state index in [2.05, 4.69) is 85.3 Å². The average molecular weight is 337 g/mol. The van der Waals surface area contributed by atoms with Crippen LogP contribution in [0.5, 0.6) is 0 Å². The van der Waals surface area contributed by atoms with Gasteiger partial charge in [-0.05, 0) is 69.3 Å². The van der Waals surface area contributed by atoms with Gasteiger partial charge in [0.05, 0.1) is 0 Å². The minimum atomic E-state index is 0.272. The Balaban J connectivity index is 1.47. The zero-order valence-electron chi connectivity index (χ0n) is 16.0. The first kappa shape index (κ1) is 18.0. The Morgan fingerprint density at radius 3 is 2.28 bits per heavy atom. The number of para-hydroxylation sites is 1. The molecule has 3 rings (SSSR count).